The number of phosphoric acid groups is 1. The van der Waals surface area contributed by atoms with E-state index in [1.165, 1.54) is 48.5 Å². The van der Waals surface area contributed by atoms with Crippen LogP contribution in [0, 0.1) is 11.8 Å². The van der Waals surface area contributed by atoms with Crippen molar-refractivity contribution in [3.05, 3.63) is 107 Å². The summed E-state index contributed by atoms with van der Waals surface area (Å²) in [5.41, 5.74) is 11.4. The van der Waals surface area contributed by atoms with Crippen LogP contribution in [-0.2, 0) is 54.9 Å². The molecule has 28 heteroatoms. The van der Waals surface area contributed by atoms with Crippen LogP contribution in [-0.4, -0.2) is 133 Å². The first kappa shape index (κ1) is 57.3. The van der Waals surface area contributed by atoms with Crippen LogP contribution in [0.5, 0.6) is 28.7 Å². The van der Waals surface area contributed by atoms with Crippen molar-refractivity contribution in [2.45, 2.75) is 69.3 Å². The number of benzene rings is 4. The van der Waals surface area contributed by atoms with Gasteiger partial charge in [-0.3, -0.25) is 43.3 Å². The average Bonchev–Trinajstić information content (AvgIpc) is 3.78. The fourth-order valence-electron chi connectivity index (χ4n) is 8.90. The summed E-state index contributed by atoms with van der Waals surface area (Å²) in [5.74, 6) is -7.63. The van der Waals surface area contributed by atoms with Crippen LogP contribution in [0.25, 0.3) is 0 Å². The minimum absolute atomic E-state index is 0.0579. The maximum Gasteiger partial charge on any atom is 0.524 e. The molecule has 0 saturated carbocycles. The highest BCUT2D eigenvalue weighted by Gasteiger charge is 2.54. The van der Waals surface area contributed by atoms with E-state index in [9.17, 15) is 68.0 Å². The van der Waals surface area contributed by atoms with Crippen molar-refractivity contribution in [3.63, 3.8) is 0 Å². The van der Waals surface area contributed by atoms with Crippen LogP contribution in [0.2, 0.25) is 0 Å². The van der Waals surface area contributed by atoms with Gasteiger partial charge in [-0.25, -0.2) is 9.36 Å². The number of aliphatic hydroxyl groups is 1. The number of carbonyl (C=O) groups excluding carboxylic acids is 8. The van der Waals surface area contributed by atoms with Crippen molar-refractivity contribution < 1.29 is 82.0 Å². The number of aliphatic hydroxyl groups excluding tert-OH is 1. The lowest BCUT2D eigenvalue weighted by molar-refractivity contribution is -0.135. The van der Waals surface area contributed by atoms with Crippen LogP contribution in [0.4, 0.5) is 5.69 Å². The summed E-state index contributed by atoms with van der Waals surface area (Å²) >= 11 is 5.68. The number of carbonyl (C=O) groups is 8. The van der Waals surface area contributed by atoms with Crippen molar-refractivity contribution in [3.8, 4) is 28.7 Å². The SMILES string of the molecule is CC(C)C[C@H](NC(=O)CNC(=O)[C@H](CCC(N)=O)NC(=O)[C@H](Cc1ccc(OP(=O)(O)O)cc1)NC(=O)C1CN(C(=S)Nc2ccc3c(c2)C(=O)OC32c3ccc(O)cc3Oc3cc(O)ccc32)C1)C(=O)N[C@@H](CO)C(N)=O. The highest BCUT2D eigenvalue weighted by Crippen LogP contribution is 2.57. The van der Waals surface area contributed by atoms with Gasteiger partial charge in [-0.15, -0.1) is 0 Å². The van der Waals surface area contributed by atoms with Gasteiger partial charge in [0.15, 0.2) is 10.7 Å². The summed E-state index contributed by atoms with van der Waals surface area (Å²) in [4.78, 5) is 125. The topological polar surface area (TPSA) is 410 Å². The van der Waals surface area contributed by atoms with Gasteiger partial charge < -0.3 is 77.6 Å². The van der Waals surface area contributed by atoms with Crippen LogP contribution < -0.4 is 52.6 Å². The number of ether oxygens (including phenoxy) is 2. The van der Waals surface area contributed by atoms with E-state index in [0.29, 0.717) is 27.9 Å². The quantitative estimate of drug-likeness (QED) is 0.0276. The summed E-state index contributed by atoms with van der Waals surface area (Å²) in [5, 5.41) is 45.4. The Morgan fingerprint density at radius 1 is 0.795 bits per heavy atom. The second kappa shape index (κ2) is 23.9. The summed E-state index contributed by atoms with van der Waals surface area (Å²) in [6.07, 6.45) is -0.944. The number of rotatable bonds is 22. The van der Waals surface area contributed by atoms with E-state index < -0.39 is 110 Å². The van der Waals surface area contributed by atoms with Gasteiger partial charge in [-0.1, -0.05) is 32.0 Å². The number of anilines is 1. The van der Waals surface area contributed by atoms with Crippen LogP contribution in [0.3, 0.4) is 0 Å². The van der Waals surface area contributed by atoms with E-state index in [1.807, 2.05) is 0 Å². The number of likely N-dealkylation sites (tertiary alicyclic amines) is 1. The molecular formula is C50H56N9O17PS. The Morgan fingerprint density at radius 3 is 1.97 bits per heavy atom. The van der Waals surface area contributed by atoms with Crippen molar-refractivity contribution in [1.82, 2.24) is 31.5 Å². The molecule has 1 spiro atoms. The molecule has 1 saturated heterocycles. The van der Waals surface area contributed by atoms with E-state index in [4.69, 9.17) is 33.2 Å². The van der Waals surface area contributed by atoms with Crippen LogP contribution in [0.1, 0.15) is 65.7 Å². The van der Waals surface area contributed by atoms with Gasteiger partial charge in [0.05, 0.1) is 24.6 Å². The summed E-state index contributed by atoms with van der Waals surface area (Å²) in [6, 6.07) is 13.3. The second-order valence-corrected chi connectivity index (χ2v) is 20.5. The van der Waals surface area contributed by atoms with E-state index in [2.05, 4.69) is 36.4 Å². The molecule has 3 aliphatic heterocycles. The van der Waals surface area contributed by atoms with Crippen molar-refractivity contribution in [2.24, 2.45) is 23.3 Å². The first-order valence-electron chi connectivity index (χ1n) is 24.1. The number of phosphoric ester groups is 1. The Hall–Kier alpha value is -8.36. The number of aromatic hydroxyl groups is 2. The number of phenolic OH excluding ortho intramolecular Hbond substituents is 2. The fourth-order valence-corrected chi connectivity index (χ4v) is 9.56. The number of esters is 1. The van der Waals surface area contributed by atoms with Gasteiger partial charge in [0.2, 0.25) is 41.4 Å². The van der Waals surface area contributed by atoms with E-state index in [-0.39, 0.29) is 77.7 Å². The third kappa shape index (κ3) is 13.6. The number of fused-ring (bicyclic) bond motifs is 6. The third-order valence-corrected chi connectivity index (χ3v) is 13.5. The van der Waals surface area contributed by atoms with Gasteiger partial charge in [0, 0.05) is 60.4 Å². The molecule has 0 aromatic heterocycles. The van der Waals surface area contributed by atoms with Gasteiger partial charge in [0.1, 0.15) is 52.9 Å². The first-order chi connectivity index (χ1) is 36.8. The maximum atomic E-state index is 14.2. The number of hydrogen-bond acceptors (Lipinski definition) is 16. The molecule has 26 nitrogen and oxygen atoms in total. The molecule has 0 aliphatic carbocycles. The van der Waals surface area contributed by atoms with Gasteiger partial charge in [-0.05, 0) is 85.1 Å². The zero-order valence-electron chi connectivity index (χ0n) is 41.7. The number of primary amides is 2. The normalized spacial score (nSPS) is 15.5. The largest absolute Gasteiger partial charge is 0.524 e. The Labute approximate surface area is 449 Å². The summed E-state index contributed by atoms with van der Waals surface area (Å²) < 4.78 is 28.2. The predicted octanol–water partition coefficient (Wildman–Crippen LogP) is -0.147. The van der Waals surface area contributed by atoms with E-state index >= 15 is 0 Å². The van der Waals surface area contributed by atoms with Gasteiger partial charge in [-0.2, -0.15) is 0 Å². The second-order valence-electron chi connectivity index (χ2n) is 19.0. The lowest BCUT2D eigenvalue weighted by atomic mass is 9.77. The number of nitrogens with two attached hydrogens (primary N) is 2. The Bertz CT molecular complexity index is 3040. The molecule has 0 unspecified atom stereocenters. The number of thiocarbonyl (C=S) groups is 1. The van der Waals surface area contributed by atoms with Crippen LogP contribution in [0.15, 0.2) is 78.9 Å². The molecule has 4 atom stereocenters. The standard InChI is InChI=1S/C50H56N9O17PS/c1-24(2)15-36(46(68)58-38(23-60)43(52)65)55-42(64)20-53-45(67)35(13-14-41(51)63)56-47(69)37(16-25-3-8-30(9-4-25)76-77(71,72)73)57-44(66)26-21-59(22-26)49(78)54-27-5-10-32-31(17-27)48(70)75-50(32)33-11-6-28(61)18-39(33)74-40-19-29(62)7-12-34(40)50/h3-12,17-19,24,26,35-38,60-62H,13-16,20-23H2,1-2H3,(H2,51,63)(H2,52,65)(H,53,67)(H,54,78)(H,55,64)(H,56,69)(H,57,66)(H,58,68)(H2,71,72,73)/t35-,36-,37-,38-/m0/s1. The monoisotopic (exact) mass is 1120 g/mol. The third-order valence-electron chi connectivity index (χ3n) is 12.7. The summed E-state index contributed by atoms with van der Waals surface area (Å²) in [7, 11) is -4.93. The Kier molecular flexibility index (Phi) is 17.6. The highest BCUT2D eigenvalue weighted by molar-refractivity contribution is 7.80. The number of phenols is 2. The molecule has 3 heterocycles. The van der Waals surface area contributed by atoms with Crippen LogP contribution >= 0.6 is 20.0 Å². The summed E-state index contributed by atoms with van der Waals surface area (Å²) in [6.45, 7) is 2.08. The van der Waals surface area contributed by atoms with Crippen molar-refractivity contribution in [1.29, 1.82) is 0 Å². The lowest BCUT2D eigenvalue weighted by Gasteiger charge is -2.40. The maximum absolute atomic E-state index is 14.2. The highest BCUT2D eigenvalue weighted by atomic mass is 32.1. The zero-order chi connectivity index (χ0) is 56.8. The number of amides is 7. The molecule has 0 radical (unpaired) electrons. The molecular weight excluding hydrogens is 1060 g/mol. The molecule has 4 aromatic carbocycles. The molecule has 0 bridgehead atoms. The Morgan fingerprint density at radius 2 is 1.40 bits per heavy atom. The average molecular weight is 1120 g/mol. The molecule has 414 valence electrons. The number of hydrogen-bond donors (Lipinski definition) is 13. The van der Waals surface area contributed by atoms with E-state index in [0.717, 1.165) is 0 Å². The number of nitrogens with zero attached hydrogens (tertiary/aromatic N) is 1. The molecule has 15 N–H and O–H groups in total. The first-order valence-corrected chi connectivity index (χ1v) is 26.1. The van der Waals surface area contributed by atoms with Crippen molar-refractivity contribution >= 4 is 78.2 Å². The molecule has 7 rings (SSSR count). The molecule has 3 aliphatic rings. The minimum atomic E-state index is -4.93. The van der Waals surface area contributed by atoms with Gasteiger partial charge in [0.25, 0.3) is 0 Å². The number of nitrogens with one attached hydrogen (secondary N) is 6. The minimum Gasteiger partial charge on any atom is -0.508 e. The molecule has 78 heavy (non-hydrogen) atoms. The predicted molar refractivity (Wildman–Crippen MR) is 277 cm³/mol. The zero-order valence-corrected chi connectivity index (χ0v) is 43.4. The molecule has 7 amide bonds. The lowest BCUT2D eigenvalue weighted by Crippen LogP contribution is -2.60. The molecule has 4 aromatic rings. The smallest absolute Gasteiger partial charge is 0.508 e. The van der Waals surface area contributed by atoms with E-state index in [1.54, 1.807) is 49.1 Å². The van der Waals surface area contributed by atoms with Gasteiger partial charge >= 0.3 is 13.8 Å². The molecule has 1 fully saturated rings. The van der Waals surface area contributed by atoms with Crippen molar-refractivity contribution in [2.75, 3.05) is 31.6 Å². The Balaban J connectivity index is 1.02. The fraction of sp³-hybridized carbons (Fsp3) is 0.340.